The Morgan fingerprint density at radius 2 is 2.13 bits per heavy atom. The molecule has 2 rings (SSSR count). The SMILES string of the molecule is COC(=O)c1ccc2c(c1)C=C(C)NN2. The number of carbonyl (C=O) groups excluding carboxylic acids is 1. The highest BCUT2D eigenvalue weighted by atomic mass is 16.5. The monoisotopic (exact) mass is 204 g/mol. The molecule has 0 unspecified atom stereocenters. The maximum atomic E-state index is 11.3. The number of esters is 1. The molecule has 15 heavy (non-hydrogen) atoms. The largest absolute Gasteiger partial charge is 0.465 e. The molecule has 0 saturated heterocycles. The molecule has 1 aliphatic heterocycles. The number of hydrogen-bond acceptors (Lipinski definition) is 4. The van der Waals surface area contributed by atoms with E-state index in [0.717, 1.165) is 16.9 Å². The van der Waals surface area contributed by atoms with E-state index in [1.807, 2.05) is 19.1 Å². The Morgan fingerprint density at radius 3 is 2.87 bits per heavy atom. The Kier molecular flexibility index (Phi) is 2.33. The zero-order valence-electron chi connectivity index (χ0n) is 8.63. The van der Waals surface area contributed by atoms with E-state index in [1.54, 1.807) is 12.1 Å². The van der Waals surface area contributed by atoms with Gasteiger partial charge in [0.1, 0.15) is 0 Å². The maximum absolute atomic E-state index is 11.3. The van der Waals surface area contributed by atoms with E-state index in [-0.39, 0.29) is 5.97 Å². The molecule has 0 atom stereocenters. The van der Waals surface area contributed by atoms with Crippen LogP contribution in [0.25, 0.3) is 6.08 Å². The first-order chi connectivity index (χ1) is 7.20. The lowest BCUT2D eigenvalue weighted by Gasteiger charge is -2.18. The standard InChI is InChI=1S/C11H12N2O2/c1-7-5-9-6-8(11(14)15-2)3-4-10(9)13-12-7/h3-6,12-13H,1-2H3. The first-order valence-corrected chi connectivity index (χ1v) is 4.63. The maximum Gasteiger partial charge on any atom is 0.337 e. The fourth-order valence-corrected chi connectivity index (χ4v) is 1.48. The summed E-state index contributed by atoms with van der Waals surface area (Å²) in [5.74, 6) is -0.317. The van der Waals surface area contributed by atoms with Crippen LogP contribution in [0.15, 0.2) is 23.9 Å². The number of anilines is 1. The molecule has 2 N–H and O–H groups in total. The number of rotatable bonds is 1. The molecule has 1 heterocycles. The minimum atomic E-state index is -0.317. The molecule has 1 aromatic carbocycles. The first kappa shape index (κ1) is 9.58. The van der Waals surface area contributed by atoms with Crippen LogP contribution in [-0.2, 0) is 4.74 Å². The van der Waals surface area contributed by atoms with Crippen molar-refractivity contribution in [3.8, 4) is 0 Å². The highest BCUT2D eigenvalue weighted by Gasteiger charge is 2.11. The molecule has 1 aromatic rings. The lowest BCUT2D eigenvalue weighted by atomic mass is 10.1. The normalized spacial score (nSPS) is 13.1. The van der Waals surface area contributed by atoms with E-state index in [4.69, 9.17) is 0 Å². The van der Waals surface area contributed by atoms with Crippen molar-refractivity contribution >= 4 is 17.7 Å². The molecule has 0 fully saturated rings. The predicted molar refractivity (Wildman–Crippen MR) is 58.2 cm³/mol. The van der Waals surface area contributed by atoms with Gasteiger partial charge in [-0.05, 0) is 31.2 Å². The van der Waals surface area contributed by atoms with Crippen molar-refractivity contribution in [3.05, 3.63) is 35.0 Å². The fourth-order valence-electron chi connectivity index (χ4n) is 1.48. The Bertz CT molecular complexity index is 438. The Morgan fingerprint density at radius 1 is 1.33 bits per heavy atom. The van der Waals surface area contributed by atoms with Gasteiger partial charge in [0.05, 0.1) is 18.4 Å². The Balaban J connectivity index is 2.42. The molecule has 0 saturated carbocycles. The molecule has 1 aliphatic rings. The lowest BCUT2D eigenvalue weighted by molar-refractivity contribution is 0.0600. The summed E-state index contributed by atoms with van der Waals surface area (Å²) in [4.78, 5) is 11.3. The Labute approximate surface area is 87.9 Å². The molecule has 4 nitrogen and oxygen atoms in total. The van der Waals surface area contributed by atoms with E-state index in [1.165, 1.54) is 7.11 Å². The fraction of sp³-hybridized carbons (Fsp3) is 0.182. The van der Waals surface area contributed by atoms with Gasteiger partial charge in [-0.3, -0.25) is 0 Å². The van der Waals surface area contributed by atoms with Gasteiger partial charge in [-0.15, -0.1) is 0 Å². The zero-order chi connectivity index (χ0) is 10.8. The van der Waals surface area contributed by atoms with Gasteiger partial charge in [-0.1, -0.05) is 0 Å². The third kappa shape index (κ3) is 1.79. The van der Waals surface area contributed by atoms with Crippen molar-refractivity contribution in [2.45, 2.75) is 6.92 Å². The van der Waals surface area contributed by atoms with Crippen molar-refractivity contribution < 1.29 is 9.53 Å². The van der Waals surface area contributed by atoms with Gasteiger partial charge in [0.15, 0.2) is 0 Å². The summed E-state index contributed by atoms with van der Waals surface area (Å²) in [6, 6.07) is 5.38. The second kappa shape index (κ2) is 3.65. The number of ether oxygens (including phenoxy) is 1. The summed E-state index contributed by atoms with van der Waals surface area (Å²) in [5, 5.41) is 0. The van der Waals surface area contributed by atoms with Crippen molar-refractivity contribution in [2.75, 3.05) is 12.5 Å². The van der Waals surface area contributed by atoms with Crippen LogP contribution >= 0.6 is 0 Å². The van der Waals surface area contributed by atoms with Crippen LogP contribution in [0, 0.1) is 0 Å². The smallest absolute Gasteiger partial charge is 0.337 e. The quantitative estimate of drug-likeness (QED) is 0.684. The molecule has 78 valence electrons. The summed E-state index contributed by atoms with van der Waals surface area (Å²) in [7, 11) is 1.38. The average Bonchev–Trinajstić information content (AvgIpc) is 2.27. The average molecular weight is 204 g/mol. The molecule has 0 bridgehead atoms. The van der Waals surface area contributed by atoms with Gasteiger partial charge in [-0.25, -0.2) is 4.79 Å². The summed E-state index contributed by atoms with van der Waals surface area (Å²) < 4.78 is 4.66. The van der Waals surface area contributed by atoms with Gasteiger partial charge < -0.3 is 15.6 Å². The van der Waals surface area contributed by atoms with Crippen LogP contribution in [0.3, 0.4) is 0 Å². The summed E-state index contributed by atoms with van der Waals surface area (Å²) in [6.45, 7) is 1.95. The van der Waals surface area contributed by atoms with E-state index in [0.29, 0.717) is 5.56 Å². The van der Waals surface area contributed by atoms with Crippen LogP contribution in [0.2, 0.25) is 0 Å². The van der Waals surface area contributed by atoms with Crippen molar-refractivity contribution in [1.29, 1.82) is 0 Å². The molecule has 0 aliphatic carbocycles. The van der Waals surface area contributed by atoms with Crippen LogP contribution in [0.5, 0.6) is 0 Å². The van der Waals surface area contributed by atoms with Gasteiger partial charge in [0, 0.05) is 11.3 Å². The summed E-state index contributed by atoms with van der Waals surface area (Å²) in [6.07, 6.45) is 1.97. The van der Waals surface area contributed by atoms with E-state index < -0.39 is 0 Å². The van der Waals surface area contributed by atoms with E-state index in [2.05, 4.69) is 15.6 Å². The van der Waals surface area contributed by atoms with Gasteiger partial charge in [0.2, 0.25) is 0 Å². The number of hydrogen-bond donors (Lipinski definition) is 2. The molecular formula is C11H12N2O2. The summed E-state index contributed by atoms with van der Waals surface area (Å²) >= 11 is 0. The minimum Gasteiger partial charge on any atom is -0.465 e. The van der Waals surface area contributed by atoms with Crippen molar-refractivity contribution in [2.24, 2.45) is 0 Å². The second-order valence-corrected chi connectivity index (χ2v) is 3.37. The highest BCUT2D eigenvalue weighted by Crippen LogP contribution is 2.22. The number of fused-ring (bicyclic) bond motifs is 1. The van der Waals surface area contributed by atoms with E-state index >= 15 is 0 Å². The third-order valence-corrected chi connectivity index (χ3v) is 2.24. The number of methoxy groups -OCH3 is 1. The number of carbonyl (C=O) groups is 1. The van der Waals surface area contributed by atoms with Crippen LogP contribution in [0.1, 0.15) is 22.8 Å². The highest BCUT2D eigenvalue weighted by molar-refractivity contribution is 5.91. The Hall–Kier alpha value is -1.97. The topological polar surface area (TPSA) is 50.4 Å². The number of nitrogens with one attached hydrogen (secondary N) is 2. The van der Waals surface area contributed by atoms with Crippen LogP contribution < -0.4 is 10.9 Å². The first-order valence-electron chi connectivity index (χ1n) is 4.63. The molecular weight excluding hydrogens is 192 g/mol. The van der Waals surface area contributed by atoms with Crippen LogP contribution in [-0.4, -0.2) is 13.1 Å². The number of benzene rings is 1. The predicted octanol–water partition coefficient (Wildman–Crippen LogP) is 1.76. The zero-order valence-corrected chi connectivity index (χ0v) is 8.63. The van der Waals surface area contributed by atoms with Gasteiger partial charge >= 0.3 is 5.97 Å². The van der Waals surface area contributed by atoms with E-state index in [9.17, 15) is 4.79 Å². The molecule has 0 amide bonds. The third-order valence-electron chi connectivity index (χ3n) is 2.24. The van der Waals surface area contributed by atoms with Crippen molar-refractivity contribution in [1.82, 2.24) is 5.43 Å². The lowest BCUT2D eigenvalue weighted by Crippen LogP contribution is -2.23. The number of allylic oxidation sites excluding steroid dienone is 1. The minimum absolute atomic E-state index is 0.317. The van der Waals surface area contributed by atoms with Crippen molar-refractivity contribution in [3.63, 3.8) is 0 Å². The molecule has 4 heteroatoms. The van der Waals surface area contributed by atoms with Crippen LogP contribution in [0.4, 0.5) is 5.69 Å². The van der Waals surface area contributed by atoms with Gasteiger partial charge in [-0.2, -0.15) is 0 Å². The molecule has 0 radical (unpaired) electrons. The number of hydrazine groups is 1. The summed E-state index contributed by atoms with van der Waals surface area (Å²) in [5.41, 5.74) is 9.52. The van der Waals surface area contributed by atoms with Gasteiger partial charge in [0.25, 0.3) is 0 Å². The molecule has 0 aromatic heterocycles. The second-order valence-electron chi connectivity index (χ2n) is 3.37. The molecule has 0 spiro atoms.